The van der Waals surface area contributed by atoms with Crippen LogP contribution in [0, 0.1) is 0 Å². The molecule has 204 valence electrons. The fraction of sp³-hybridized carbons (Fsp3) is 0. The number of ether oxygens (including phenoxy) is 2. The molecule has 0 amide bonds. The third-order valence-corrected chi connectivity index (χ3v) is 9.26. The number of hydrogen-bond acceptors (Lipinski definition) is 2. The molecule has 2 aliphatic heterocycles. The Balaban J connectivity index is 1.10. The summed E-state index contributed by atoms with van der Waals surface area (Å²) >= 11 is 0. The molecule has 2 nitrogen and oxygen atoms in total. The highest BCUT2D eigenvalue weighted by molar-refractivity contribution is 6.08. The maximum atomic E-state index is 6.50. The van der Waals surface area contributed by atoms with Crippen molar-refractivity contribution in [2.24, 2.45) is 0 Å². The van der Waals surface area contributed by atoms with Gasteiger partial charge in [-0.1, -0.05) is 109 Å². The maximum Gasteiger partial charge on any atom is 0.135 e. The van der Waals surface area contributed by atoms with E-state index in [1.165, 1.54) is 54.6 Å². The number of hydrogen-bond donors (Lipinski definition) is 0. The van der Waals surface area contributed by atoms with Gasteiger partial charge >= 0.3 is 0 Å². The van der Waals surface area contributed by atoms with Gasteiger partial charge in [-0.3, -0.25) is 0 Å². The van der Waals surface area contributed by atoms with E-state index < -0.39 is 0 Å². The Morgan fingerprint density at radius 2 is 0.727 bits per heavy atom. The van der Waals surface area contributed by atoms with Gasteiger partial charge in [0, 0.05) is 21.9 Å². The molecule has 0 N–H and O–H groups in total. The molecule has 0 saturated heterocycles. The zero-order valence-electron chi connectivity index (χ0n) is 23.7. The summed E-state index contributed by atoms with van der Waals surface area (Å²) in [6, 6.07) is 51.9. The molecule has 0 aliphatic carbocycles. The van der Waals surface area contributed by atoms with E-state index >= 15 is 0 Å². The highest BCUT2D eigenvalue weighted by atomic mass is 16.5. The molecular formula is C42H24O2. The Hall–Kier alpha value is -5.86. The first kappa shape index (κ1) is 23.7. The van der Waals surface area contributed by atoms with Crippen LogP contribution in [0.25, 0.3) is 76.8 Å². The molecule has 0 atom stereocenters. The van der Waals surface area contributed by atoms with E-state index in [9.17, 15) is 0 Å². The monoisotopic (exact) mass is 560 g/mol. The predicted molar refractivity (Wildman–Crippen MR) is 181 cm³/mol. The fourth-order valence-electron chi connectivity index (χ4n) is 7.27. The average molecular weight is 561 g/mol. The van der Waals surface area contributed by atoms with Gasteiger partial charge in [0.25, 0.3) is 0 Å². The average Bonchev–Trinajstić information content (AvgIpc) is 3.08. The fourth-order valence-corrected chi connectivity index (χ4v) is 7.27. The molecule has 44 heavy (non-hydrogen) atoms. The standard InChI is InChI=1S/C42H24O2/c1-2-12-32-30(28-18-20-34-36-14-4-8-26-10-6-16-38(42(26)36)44-40(34)24-28)22-21-29(31(32)11-1)27-17-19-33-35-13-3-7-25-9-5-15-37(41(25)35)43-39(33)23-27/h1-24H. The second-order valence-electron chi connectivity index (χ2n) is 11.7. The molecule has 0 saturated carbocycles. The molecule has 8 aromatic rings. The predicted octanol–water partition coefficient (Wildman–Crippen LogP) is 12.0. The highest BCUT2D eigenvalue weighted by Gasteiger charge is 2.22. The van der Waals surface area contributed by atoms with Crippen molar-refractivity contribution in [1.29, 1.82) is 0 Å². The van der Waals surface area contributed by atoms with E-state index in [1.54, 1.807) is 0 Å². The molecule has 8 aromatic carbocycles. The Morgan fingerprint density at radius 3 is 1.20 bits per heavy atom. The van der Waals surface area contributed by atoms with Crippen LogP contribution in [0.5, 0.6) is 23.0 Å². The normalized spacial score (nSPS) is 12.5. The molecule has 0 fully saturated rings. The van der Waals surface area contributed by atoms with Crippen LogP contribution in [0.2, 0.25) is 0 Å². The van der Waals surface area contributed by atoms with E-state index in [4.69, 9.17) is 9.47 Å². The maximum absolute atomic E-state index is 6.50. The highest BCUT2D eigenvalue weighted by Crippen LogP contribution is 2.50. The largest absolute Gasteiger partial charge is 0.456 e. The Morgan fingerprint density at radius 1 is 0.295 bits per heavy atom. The molecule has 0 aromatic heterocycles. The third-order valence-electron chi connectivity index (χ3n) is 9.26. The molecule has 0 spiro atoms. The van der Waals surface area contributed by atoms with Crippen molar-refractivity contribution in [3.8, 4) is 67.5 Å². The van der Waals surface area contributed by atoms with Gasteiger partial charge in [-0.15, -0.1) is 0 Å². The third kappa shape index (κ3) is 3.31. The van der Waals surface area contributed by atoms with Gasteiger partial charge < -0.3 is 9.47 Å². The van der Waals surface area contributed by atoms with Crippen LogP contribution >= 0.6 is 0 Å². The molecule has 2 heterocycles. The molecule has 0 unspecified atom stereocenters. The first-order valence-electron chi connectivity index (χ1n) is 15.0. The summed E-state index contributed by atoms with van der Waals surface area (Å²) < 4.78 is 13.0. The summed E-state index contributed by atoms with van der Waals surface area (Å²) in [5.41, 5.74) is 9.34. The Kier molecular flexibility index (Phi) is 4.75. The SMILES string of the molecule is c1cc2c3c(cccc3c1)-c1ccc(-c3ccc(-c4ccc5c(c4)Oc4cccc6cccc-5c46)c4ccccc34)cc1O2. The molecule has 0 radical (unpaired) electrons. The Labute approximate surface area is 254 Å². The minimum absolute atomic E-state index is 0.893. The van der Waals surface area contributed by atoms with Crippen molar-refractivity contribution in [1.82, 2.24) is 0 Å². The molecule has 10 rings (SSSR count). The number of benzene rings is 8. The van der Waals surface area contributed by atoms with E-state index in [0.717, 1.165) is 45.3 Å². The van der Waals surface area contributed by atoms with Crippen LogP contribution in [0.15, 0.2) is 146 Å². The van der Waals surface area contributed by atoms with Crippen LogP contribution in [0.1, 0.15) is 0 Å². The summed E-state index contributed by atoms with van der Waals surface area (Å²) in [6.45, 7) is 0. The van der Waals surface area contributed by atoms with Crippen molar-refractivity contribution in [2.75, 3.05) is 0 Å². The minimum Gasteiger partial charge on any atom is -0.456 e. The summed E-state index contributed by atoms with van der Waals surface area (Å²) in [6.07, 6.45) is 0. The minimum atomic E-state index is 0.893. The van der Waals surface area contributed by atoms with Crippen molar-refractivity contribution >= 4 is 32.3 Å². The first-order valence-corrected chi connectivity index (χ1v) is 15.0. The van der Waals surface area contributed by atoms with E-state index in [1.807, 2.05) is 0 Å². The smallest absolute Gasteiger partial charge is 0.135 e. The molecule has 0 bridgehead atoms. The van der Waals surface area contributed by atoms with Gasteiger partial charge in [0.2, 0.25) is 0 Å². The lowest BCUT2D eigenvalue weighted by Gasteiger charge is -2.23. The second-order valence-corrected chi connectivity index (χ2v) is 11.7. The van der Waals surface area contributed by atoms with Crippen LogP contribution in [-0.4, -0.2) is 0 Å². The topological polar surface area (TPSA) is 18.5 Å². The zero-order chi connectivity index (χ0) is 28.8. The van der Waals surface area contributed by atoms with Crippen LogP contribution in [0.3, 0.4) is 0 Å². The van der Waals surface area contributed by atoms with E-state index in [2.05, 4.69) is 146 Å². The zero-order valence-corrected chi connectivity index (χ0v) is 23.7. The quantitative estimate of drug-likeness (QED) is 0.209. The van der Waals surface area contributed by atoms with Crippen LogP contribution in [0.4, 0.5) is 0 Å². The second kappa shape index (κ2) is 8.82. The van der Waals surface area contributed by atoms with Gasteiger partial charge in [-0.25, -0.2) is 0 Å². The van der Waals surface area contributed by atoms with Crippen molar-refractivity contribution in [3.05, 3.63) is 146 Å². The van der Waals surface area contributed by atoms with Crippen molar-refractivity contribution in [2.45, 2.75) is 0 Å². The lowest BCUT2D eigenvalue weighted by molar-refractivity contribution is 0.487. The first-order chi connectivity index (χ1) is 21.8. The van der Waals surface area contributed by atoms with Gasteiger partial charge in [0.05, 0.1) is 0 Å². The van der Waals surface area contributed by atoms with E-state index in [0.29, 0.717) is 0 Å². The summed E-state index contributed by atoms with van der Waals surface area (Å²) in [4.78, 5) is 0. The van der Waals surface area contributed by atoms with Crippen LogP contribution in [-0.2, 0) is 0 Å². The van der Waals surface area contributed by atoms with Crippen molar-refractivity contribution < 1.29 is 9.47 Å². The lowest BCUT2D eigenvalue weighted by atomic mass is 9.89. The molecular weight excluding hydrogens is 536 g/mol. The summed E-state index contributed by atoms with van der Waals surface area (Å²) in [5.74, 6) is 3.61. The Bertz CT molecular complexity index is 2320. The van der Waals surface area contributed by atoms with Crippen molar-refractivity contribution in [3.63, 3.8) is 0 Å². The molecule has 2 aliphatic rings. The van der Waals surface area contributed by atoms with Gasteiger partial charge in [-0.05, 0) is 91.3 Å². The summed E-state index contributed by atoms with van der Waals surface area (Å²) in [5, 5.41) is 7.17. The summed E-state index contributed by atoms with van der Waals surface area (Å²) in [7, 11) is 0. The lowest BCUT2D eigenvalue weighted by Crippen LogP contribution is -1.98. The van der Waals surface area contributed by atoms with E-state index in [-0.39, 0.29) is 0 Å². The van der Waals surface area contributed by atoms with Crippen LogP contribution < -0.4 is 9.47 Å². The number of rotatable bonds is 2. The molecule has 2 heteroatoms. The van der Waals surface area contributed by atoms with Gasteiger partial charge in [-0.2, -0.15) is 0 Å². The van der Waals surface area contributed by atoms with Gasteiger partial charge in [0.15, 0.2) is 0 Å². The number of fused-ring (bicyclic) bond motifs is 5. The van der Waals surface area contributed by atoms with Gasteiger partial charge in [0.1, 0.15) is 23.0 Å².